The van der Waals surface area contributed by atoms with Gasteiger partial charge < -0.3 is 4.74 Å². The highest BCUT2D eigenvalue weighted by atomic mass is 32.2. The van der Waals surface area contributed by atoms with E-state index >= 15 is 0 Å². The van der Waals surface area contributed by atoms with Crippen molar-refractivity contribution >= 4 is 27.3 Å². The van der Waals surface area contributed by atoms with E-state index in [9.17, 15) is 13.2 Å². The molecule has 5 nitrogen and oxygen atoms in total. The summed E-state index contributed by atoms with van der Waals surface area (Å²) in [5.74, 6) is -0.637. The van der Waals surface area contributed by atoms with Crippen LogP contribution in [0.15, 0.2) is 10.3 Å². The maximum Gasteiger partial charge on any atom is 0.349 e. The molecule has 0 unspecified atom stereocenters. The number of sulfonamides is 1. The van der Waals surface area contributed by atoms with Crippen molar-refractivity contribution in [1.29, 1.82) is 0 Å². The summed E-state index contributed by atoms with van der Waals surface area (Å²) in [5.41, 5.74) is -0.0715. The maximum atomic E-state index is 12.3. The Kier molecular flexibility index (Phi) is 4.19. The van der Waals surface area contributed by atoms with Crippen LogP contribution < -0.4 is 4.72 Å². The molecule has 18 heavy (non-hydrogen) atoms. The molecule has 0 saturated heterocycles. The van der Waals surface area contributed by atoms with Crippen LogP contribution >= 0.6 is 11.3 Å². The minimum atomic E-state index is -3.73. The zero-order valence-electron chi connectivity index (χ0n) is 11.0. The van der Waals surface area contributed by atoms with E-state index in [0.29, 0.717) is 5.56 Å². The molecule has 0 radical (unpaired) electrons. The third-order valence-electron chi connectivity index (χ3n) is 2.00. The zero-order chi connectivity index (χ0) is 14.1. The number of carbonyl (C=O) groups is 1. The summed E-state index contributed by atoms with van der Waals surface area (Å²) in [6, 6.07) is 0. The summed E-state index contributed by atoms with van der Waals surface area (Å²) >= 11 is 1.07. The molecule has 102 valence electrons. The highest BCUT2D eigenvalue weighted by Gasteiger charge is 2.30. The van der Waals surface area contributed by atoms with E-state index in [0.717, 1.165) is 11.3 Å². The van der Waals surface area contributed by atoms with E-state index in [2.05, 4.69) is 9.46 Å². The average molecular weight is 291 g/mol. The molecule has 0 saturated carbocycles. The number of rotatable bonds is 3. The summed E-state index contributed by atoms with van der Waals surface area (Å²) < 4.78 is 31.6. The molecule has 0 aliphatic heterocycles. The van der Waals surface area contributed by atoms with Crippen molar-refractivity contribution in [3.8, 4) is 0 Å². The van der Waals surface area contributed by atoms with E-state index in [4.69, 9.17) is 0 Å². The summed E-state index contributed by atoms with van der Waals surface area (Å²) in [6.45, 7) is 6.87. The zero-order valence-corrected chi connectivity index (χ0v) is 12.7. The largest absolute Gasteiger partial charge is 0.465 e. The van der Waals surface area contributed by atoms with Crippen LogP contribution in [0.25, 0.3) is 0 Å². The molecular weight excluding hydrogens is 274 g/mol. The molecule has 0 aromatic carbocycles. The summed E-state index contributed by atoms with van der Waals surface area (Å²) in [7, 11) is -2.50. The van der Waals surface area contributed by atoms with Gasteiger partial charge in [0.1, 0.15) is 9.77 Å². The summed E-state index contributed by atoms with van der Waals surface area (Å²) in [4.78, 5) is 11.7. The van der Waals surface area contributed by atoms with E-state index in [1.807, 2.05) is 0 Å². The van der Waals surface area contributed by atoms with Crippen LogP contribution in [0.1, 0.15) is 36.0 Å². The molecule has 7 heteroatoms. The van der Waals surface area contributed by atoms with E-state index < -0.39 is 21.5 Å². The predicted octanol–water partition coefficient (Wildman–Crippen LogP) is 1.92. The van der Waals surface area contributed by atoms with Gasteiger partial charge in [0, 0.05) is 5.54 Å². The Hall–Kier alpha value is -0.920. The molecule has 0 bridgehead atoms. The Balaban J connectivity index is 3.33. The predicted molar refractivity (Wildman–Crippen MR) is 70.5 cm³/mol. The van der Waals surface area contributed by atoms with Crippen LogP contribution in [-0.4, -0.2) is 27.0 Å². The van der Waals surface area contributed by atoms with Gasteiger partial charge in [0.05, 0.1) is 7.11 Å². The lowest BCUT2D eigenvalue weighted by molar-refractivity contribution is 0.0602. The number of aryl methyl sites for hydroxylation is 1. The number of hydrogen-bond donors (Lipinski definition) is 1. The first-order valence-electron chi connectivity index (χ1n) is 5.29. The van der Waals surface area contributed by atoms with Crippen molar-refractivity contribution in [3.63, 3.8) is 0 Å². The van der Waals surface area contributed by atoms with Crippen molar-refractivity contribution in [2.24, 2.45) is 0 Å². The second-order valence-corrected chi connectivity index (χ2v) is 7.42. The average Bonchev–Trinajstić information content (AvgIpc) is 2.56. The van der Waals surface area contributed by atoms with Crippen molar-refractivity contribution in [1.82, 2.24) is 4.72 Å². The second-order valence-electron chi connectivity index (χ2n) is 4.92. The van der Waals surface area contributed by atoms with Gasteiger partial charge in [0.2, 0.25) is 10.0 Å². The SMILES string of the molecule is COC(=O)c1scc(C)c1S(=O)(=O)NC(C)(C)C. The van der Waals surface area contributed by atoms with Gasteiger partial charge in [-0.3, -0.25) is 0 Å². The van der Waals surface area contributed by atoms with Gasteiger partial charge in [0.15, 0.2) is 0 Å². The third kappa shape index (κ3) is 3.30. The Bertz CT molecular complexity index is 552. The molecule has 0 atom stereocenters. The van der Waals surface area contributed by atoms with Crippen LogP contribution in [0.4, 0.5) is 0 Å². The van der Waals surface area contributed by atoms with Crippen LogP contribution in [0.2, 0.25) is 0 Å². The van der Waals surface area contributed by atoms with Gasteiger partial charge in [-0.05, 0) is 38.6 Å². The molecule has 1 aromatic rings. The number of hydrogen-bond acceptors (Lipinski definition) is 5. The first-order chi connectivity index (χ1) is 8.08. The molecule has 1 rings (SSSR count). The molecular formula is C11H17NO4S2. The summed E-state index contributed by atoms with van der Waals surface area (Å²) in [6.07, 6.45) is 0. The van der Waals surface area contributed by atoms with Crippen molar-refractivity contribution < 1.29 is 17.9 Å². The van der Waals surface area contributed by atoms with E-state index in [-0.39, 0.29) is 9.77 Å². The highest BCUT2D eigenvalue weighted by Crippen LogP contribution is 2.28. The van der Waals surface area contributed by atoms with Gasteiger partial charge in [-0.2, -0.15) is 0 Å². The third-order valence-corrected chi connectivity index (χ3v) is 5.15. The summed E-state index contributed by atoms with van der Waals surface area (Å²) in [5, 5.41) is 1.63. The van der Waals surface area contributed by atoms with E-state index in [1.54, 1.807) is 33.1 Å². The molecule has 1 N–H and O–H groups in total. The Morgan fingerprint density at radius 1 is 1.39 bits per heavy atom. The fourth-order valence-corrected chi connectivity index (χ4v) is 4.58. The highest BCUT2D eigenvalue weighted by molar-refractivity contribution is 7.89. The first kappa shape index (κ1) is 15.1. The smallest absolute Gasteiger partial charge is 0.349 e. The molecule has 1 heterocycles. The van der Waals surface area contributed by atoms with E-state index in [1.165, 1.54) is 7.11 Å². The fraction of sp³-hybridized carbons (Fsp3) is 0.545. The van der Waals surface area contributed by atoms with Crippen LogP contribution in [0.3, 0.4) is 0 Å². The lowest BCUT2D eigenvalue weighted by atomic mass is 10.1. The number of ether oxygens (including phenoxy) is 1. The topological polar surface area (TPSA) is 72.5 Å². The van der Waals surface area contributed by atoms with Gasteiger partial charge >= 0.3 is 5.97 Å². The monoisotopic (exact) mass is 291 g/mol. The number of carbonyl (C=O) groups excluding carboxylic acids is 1. The molecule has 0 amide bonds. The van der Waals surface area contributed by atoms with Crippen molar-refractivity contribution in [2.75, 3.05) is 7.11 Å². The van der Waals surface area contributed by atoms with Gasteiger partial charge in [0.25, 0.3) is 0 Å². The van der Waals surface area contributed by atoms with Crippen molar-refractivity contribution in [3.05, 3.63) is 15.8 Å². The molecule has 0 aliphatic carbocycles. The molecule has 0 aliphatic rings. The standard InChI is InChI=1S/C11H17NO4S2/c1-7-6-17-8(10(13)16-5)9(7)18(14,15)12-11(2,3)4/h6,12H,1-5H3. The number of thiophene rings is 1. The van der Waals surface area contributed by atoms with Gasteiger partial charge in [-0.15, -0.1) is 11.3 Å². The van der Waals surface area contributed by atoms with Crippen LogP contribution in [0, 0.1) is 6.92 Å². The Labute approximate surface area is 111 Å². The minimum absolute atomic E-state index is 0.00859. The molecule has 1 aromatic heterocycles. The normalized spacial score (nSPS) is 12.5. The van der Waals surface area contributed by atoms with Crippen LogP contribution in [0.5, 0.6) is 0 Å². The Morgan fingerprint density at radius 3 is 2.39 bits per heavy atom. The molecule has 0 fully saturated rings. The number of methoxy groups -OCH3 is 1. The second kappa shape index (κ2) is 4.99. The lowest BCUT2D eigenvalue weighted by Gasteiger charge is -2.20. The minimum Gasteiger partial charge on any atom is -0.465 e. The van der Waals surface area contributed by atoms with Gasteiger partial charge in [-0.1, -0.05) is 0 Å². The first-order valence-corrected chi connectivity index (χ1v) is 7.65. The fourth-order valence-electron chi connectivity index (χ4n) is 1.46. The quantitative estimate of drug-likeness (QED) is 0.864. The van der Waals surface area contributed by atoms with Crippen LogP contribution in [-0.2, 0) is 14.8 Å². The Morgan fingerprint density at radius 2 is 1.94 bits per heavy atom. The number of esters is 1. The lowest BCUT2D eigenvalue weighted by Crippen LogP contribution is -2.41. The van der Waals surface area contributed by atoms with Gasteiger partial charge in [-0.25, -0.2) is 17.9 Å². The number of nitrogens with one attached hydrogen (secondary N) is 1. The molecule has 0 spiro atoms. The maximum absolute atomic E-state index is 12.3. The van der Waals surface area contributed by atoms with Crippen molar-refractivity contribution in [2.45, 2.75) is 38.1 Å².